The molecule has 0 fully saturated rings. The number of carbonyl (C=O) groups is 2. The number of ether oxygens (including phenoxy) is 1. The van der Waals surface area contributed by atoms with Crippen LogP contribution in [0.4, 0.5) is 26.4 Å². The molecule has 178 valence electrons. The van der Waals surface area contributed by atoms with Crippen molar-refractivity contribution in [2.24, 2.45) is 0 Å². The molecular formula is C22H21BrClFN6O3. The quantitative estimate of drug-likeness (QED) is 0.213. The van der Waals surface area contributed by atoms with Crippen molar-refractivity contribution in [1.82, 2.24) is 20.2 Å². The van der Waals surface area contributed by atoms with E-state index in [9.17, 15) is 14.0 Å². The zero-order chi connectivity index (χ0) is 24.8. The van der Waals surface area contributed by atoms with Crippen molar-refractivity contribution >= 4 is 67.6 Å². The summed E-state index contributed by atoms with van der Waals surface area (Å²) in [5.41, 5.74) is 0.912. The monoisotopic (exact) mass is 550 g/mol. The van der Waals surface area contributed by atoms with Crippen LogP contribution >= 0.6 is 27.5 Å². The van der Waals surface area contributed by atoms with Crippen LogP contribution in [0, 0.1) is 5.82 Å². The maximum atomic E-state index is 14.6. The normalized spacial score (nSPS) is 10.5. The van der Waals surface area contributed by atoms with Crippen LogP contribution in [-0.4, -0.2) is 54.1 Å². The Kier molecular flexibility index (Phi) is 8.24. The van der Waals surface area contributed by atoms with Crippen molar-refractivity contribution in [3.63, 3.8) is 0 Å². The Morgan fingerprint density at radius 2 is 2.03 bits per heavy atom. The number of halogens is 3. The number of benzene rings is 2. The minimum atomic E-state index is -0.650. The molecule has 0 aliphatic carbocycles. The number of nitrogens with zero attached hydrogens (tertiary/aromatic N) is 3. The third-order valence-corrected chi connectivity index (χ3v) is 5.77. The average molecular weight is 552 g/mol. The molecule has 12 heteroatoms. The summed E-state index contributed by atoms with van der Waals surface area (Å²) in [5.74, 6) is -0.490. The van der Waals surface area contributed by atoms with Crippen LogP contribution in [0.3, 0.4) is 0 Å². The van der Waals surface area contributed by atoms with Gasteiger partial charge in [0.05, 0.1) is 28.5 Å². The Bertz CT molecular complexity index is 1260. The number of carbonyl (C=O) groups excluding carboxylic acids is 2. The summed E-state index contributed by atoms with van der Waals surface area (Å²) in [4.78, 5) is 33.5. The molecule has 1 aromatic heterocycles. The van der Waals surface area contributed by atoms with Gasteiger partial charge in [0.1, 0.15) is 24.5 Å². The van der Waals surface area contributed by atoms with Crippen LogP contribution < -0.4 is 20.7 Å². The maximum Gasteiger partial charge on any atom is 0.316 e. The van der Waals surface area contributed by atoms with Gasteiger partial charge >= 0.3 is 6.03 Å². The third-order valence-electron chi connectivity index (χ3n) is 4.51. The summed E-state index contributed by atoms with van der Waals surface area (Å²) in [6.07, 6.45) is 2.43. The predicted octanol–water partition coefficient (Wildman–Crippen LogP) is 4.70. The Labute approximate surface area is 208 Å². The van der Waals surface area contributed by atoms with E-state index in [1.807, 2.05) is 0 Å². The summed E-state index contributed by atoms with van der Waals surface area (Å²) in [6, 6.07) is 6.07. The fraction of sp³-hybridized carbons (Fsp3) is 0.182. The van der Waals surface area contributed by atoms with Crippen LogP contribution in [0.25, 0.3) is 10.9 Å². The lowest BCUT2D eigenvalue weighted by Gasteiger charge is -2.16. The molecule has 0 aliphatic heterocycles. The summed E-state index contributed by atoms with van der Waals surface area (Å²) < 4.78 is 20.8. The van der Waals surface area contributed by atoms with E-state index in [2.05, 4.69) is 48.4 Å². The van der Waals surface area contributed by atoms with Crippen molar-refractivity contribution < 1.29 is 18.7 Å². The second-order valence-corrected chi connectivity index (χ2v) is 8.34. The van der Waals surface area contributed by atoms with E-state index in [0.717, 1.165) is 6.08 Å². The maximum absolute atomic E-state index is 14.6. The van der Waals surface area contributed by atoms with Gasteiger partial charge in [-0.2, -0.15) is 0 Å². The van der Waals surface area contributed by atoms with Gasteiger partial charge in [0.2, 0.25) is 5.91 Å². The lowest BCUT2D eigenvalue weighted by atomic mass is 10.1. The fourth-order valence-corrected chi connectivity index (χ4v) is 3.28. The number of aromatic nitrogens is 2. The molecule has 0 saturated carbocycles. The molecule has 0 bridgehead atoms. The van der Waals surface area contributed by atoms with Gasteiger partial charge in [-0.25, -0.2) is 19.2 Å². The van der Waals surface area contributed by atoms with Gasteiger partial charge in [-0.1, -0.05) is 18.2 Å². The molecule has 9 nitrogen and oxygen atoms in total. The summed E-state index contributed by atoms with van der Waals surface area (Å²) >= 11 is 9.17. The van der Waals surface area contributed by atoms with Crippen LogP contribution in [-0.2, 0) is 4.79 Å². The summed E-state index contributed by atoms with van der Waals surface area (Å²) in [5, 5.41) is 8.70. The van der Waals surface area contributed by atoms with Gasteiger partial charge in [-0.05, 0) is 40.2 Å². The number of hydrogen-bond donors (Lipinski definition) is 3. The number of fused-ring (bicyclic) bond motifs is 1. The zero-order valence-electron chi connectivity index (χ0n) is 18.3. The molecular weight excluding hydrogens is 531 g/mol. The van der Waals surface area contributed by atoms with E-state index in [1.54, 1.807) is 32.3 Å². The Morgan fingerprint density at radius 3 is 2.74 bits per heavy atom. The van der Waals surface area contributed by atoms with Crippen molar-refractivity contribution in [2.75, 3.05) is 37.9 Å². The molecule has 3 aromatic rings. The number of urea groups is 1. The van der Waals surface area contributed by atoms with Gasteiger partial charge in [-0.15, -0.1) is 0 Å². The lowest BCUT2D eigenvalue weighted by Crippen LogP contribution is -2.36. The molecule has 0 unspecified atom stereocenters. The smallest absolute Gasteiger partial charge is 0.316 e. The number of amides is 3. The third kappa shape index (κ3) is 5.91. The molecule has 3 amide bonds. The Hall–Kier alpha value is -3.44. The lowest BCUT2D eigenvalue weighted by molar-refractivity contribution is -0.111. The Morgan fingerprint density at radius 1 is 1.26 bits per heavy atom. The minimum Gasteiger partial charge on any atom is -0.489 e. The second kappa shape index (κ2) is 11.1. The first-order chi connectivity index (χ1) is 16.2. The van der Waals surface area contributed by atoms with Gasteiger partial charge in [-0.3, -0.25) is 4.79 Å². The topological polar surface area (TPSA) is 108 Å². The highest BCUT2D eigenvalue weighted by Gasteiger charge is 2.16. The number of rotatable bonds is 8. The van der Waals surface area contributed by atoms with Crippen LogP contribution in [0.2, 0.25) is 5.02 Å². The van der Waals surface area contributed by atoms with E-state index in [4.69, 9.17) is 16.3 Å². The first-order valence-corrected chi connectivity index (χ1v) is 11.1. The number of hydrogen-bond acceptors (Lipinski definition) is 6. The number of anilines is 3. The van der Waals surface area contributed by atoms with E-state index < -0.39 is 11.7 Å². The standard InChI is InChI=1S/C22H21BrClFN6O3/c1-4-18(32)29-16-9-12-15(10-17(16)34-8-7-26-22(33)31(2)3)27-11-28-21(12)30-14-6-5-13(23)19(24)20(14)25/h4-6,9-11H,1,7-8H2,2-3H3,(H,26,33)(H,29,32)(H,27,28,30). The van der Waals surface area contributed by atoms with Gasteiger partial charge < -0.3 is 25.6 Å². The molecule has 0 spiro atoms. The second-order valence-electron chi connectivity index (χ2n) is 7.10. The number of nitrogens with one attached hydrogen (secondary N) is 3. The molecule has 0 atom stereocenters. The van der Waals surface area contributed by atoms with Crippen LogP contribution in [0.1, 0.15) is 0 Å². The average Bonchev–Trinajstić information content (AvgIpc) is 2.82. The highest BCUT2D eigenvalue weighted by Crippen LogP contribution is 2.35. The predicted molar refractivity (Wildman–Crippen MR) is 133 cm³/mol. The van der Waals surface area contributed by atoms with Crippen LogP contribution in [0.5, 0.6) is 5.75 Å². The molecule has 0 aliphatic rings. The van der Waals surface area contributed by atoms with Gasteiger partial charge in [0.15, 0.2) is 5.82 Å². The van der Waals surface area contributed by atoms with E-state index in [-0.39, 0.29) is 29.9 Å². The van der Waals surface area contributed by atoms with Crippen LogP contribution in [0.15, 0.2) is 47.7 Å². The molecule has 3 N–H and O–H groups in total. The minimum absolute atomic E-state index is 0.0701. The van der Waals surface area contributed by atoms with Gasteiger partial charge in [0, 0.05) is 30.0 Å². The van der Waals surface area contributed by atoms with Crippen molar-refractivity contribution in [1.29, 1.82) is 0 Å². The first kappa shape index (κ1) is 25.2. The van der Waals surface area contributed by atoms with Crippen molar-refractivity contribution in [3.8, 4) is 5.75 Å². The molecule has 3 rings (SSSR count). The molecule has 1 heterocycles. The highest BCUT2D eigenvalue weighted by molar-refractivity contribution is 9.10. The van der Waals surface area contributed by atoms with Crippen molar-refractivity contribution in [3.05, 3.63) is 58.6 Å². The van der Waals surface area contributed by atoms with E-state index in [0.29, 0.717) is 32.6 Å². The largest absolute Gasteiger partial charge is 0.489 e. The summed E-state index contributed by atoms with van der Waals surface area (Å²) in [6.45, 7) is 3.84. The van der Waals surface area contributed by atoms with Crippen molar-refractivity contribution in [2.45, 2.75) is 0 Å². The highest BCUT2D eigenvalue weighted by atomic mass is 79.9. The molecule has 0 saturated heterocycles. The summed E-state index contributed by atoms with van der Waals surface area (Å²) in [7, 11) is 3.25. The van der Waals surface area contributed by atoms with E-state index in [1.165, 1.54) is 17.3 Å². The zero-order valence-corrected chi connectivity index (χ0v) is 20.6. The Balaban J connectivity index is 1.94. The SMILES string of the molecule is C=CC(=O)Nc1cc2c(Nc3ccc(Br)c(Cl)c3F)ncnc2cc1OCCNC(=O)N(C)C. The van der Waals surface area contributed by atoms with E-state index >= 15 is 0 Å². The molecule has 2 aromatic carbocycles. The fourth-order valence-electron chi connectivity index (χ4n) is 2.81. The molecule has 0 radical (unpaired) electrons. The molecule has 34 heavy (non-hydrogen) atoms. The first-order valence-electron chi connectivity index (χ1n) is 9.92. The van der Waals surface area contributed by atoms with Gasteiger partial charge in [0.25, 0.3) is 0 Å².